The van der Waals surface area contributed by atoms with Crippen LogP contribution in [0, 0.1) is 0 Å². The van der Waals surface area contributed by atoms with E-state index < -0.39 is 0 Å². The molecule has 0 aliphatic heterocycles. The average molecular weight is 575 g/mol. The first-order chi connectivity index (χ1) is 20.3. The van der Waals surface area contributed by atoms with Crippen LogP contribution in [0.25, 0.3) is 0 Å². The van der Waals surface area contributed by atoms with E-state index in [9.17, 15) is 0 Å². The molecule has 0 radical (unpaired) electrons. The minimum Gasteiger partial charge on any atom is -0.496 e. The summed E-state index contributed by atoms with van der Waals surface area (Å²) >= 11 is 0. The van der Waals surface area contributed by atoms with Crippen molar-refractivity contribution in [1.82, 2.24) is 0 Å². The summed E-state index contributed by atoms with van der Waals surface area (Å²) in [4.78, 5) is 0. The number of unbranched alkanes of at least 4 members (excludes halogenated alkanes) is 24. The van der Waals surface area contributed by atoms with Gasteiger partial charge in [0.15, 0.2) is 0 Å². The van der Waals surface area contributed by atoms with Gasteiger partial charge in [0.25, 0.3) is 0 Å². The Kier molecular flexibility index (Phi) is 36.1. The number of allylic oxidation sites excluding steroid dienone is 4. The first kappa shape index (κ1) is 40.0. The molecular formula is C39H74O2. The van der Waals surface area contributed by atoms with Crippen LogP contribution >= 0.6 is 0 Å². The molecule has 0 aromatic carbocycles. The van der Waals surface area contributed by atoms with Crippen molar-refractivity contribution in [3.05, 3.63) is 36.6 Å². The molecule has 0 heterocycles. The maximum absolute atomic E-state index is 5.76. The number of hydrogen-bond acceptors (Lipinski definition) is 2. The van der Waals surface area contributed by atoms with E-state index in [1.807, 2.05) is 0 Å². The topological polar surface area (TPSA) is 18.5 Å². The third-order valence-electron chi connectivity index (χ3n) is 8.03. The lowest BCUT2D eigenvalue weighted by Gasteiger charge is -2.10. The fourth-order valence-electron chi connectivity index (χ4n) is 5.25. The summed E-state index contributed by atoms with van der Waals surface area (Å²) < 4.78 is 11.5. The van der Waals surface area contributed by atoms with Crippen LogP contribution in [0.3, 0.4) is 0 Å². The van der Waals surface area contributed by atoms with Crippen LogP contribution in [-0.2, 0) is 9.47 Å². The van der Waals surface area contributed by atoms with Crippen LogP contribution < -0.4 is 0 Å². The van der Waals surface area contributed by atoms with Gasteiger partial charge in [0.1, 0.15) is 12.4 Å². The van der Waals surface area contributed by atoms with Crippen LogP contribution in [0.1, 0.15) is 194 Å². The zero-order valence-electron chi connectivity index (χ0n) is 28.3. The van der Waals surface area contributed by atoms with Crippen molar-refractivity contribution < 1.29 is 9.47 Å². The zero-order valence-corrected chi connectivity index (χ0v) is 28.3. The molecule has 0 atom stereocenters. The molecule has 0 fully saturated rings. The summed E-state index contributed by atoms with van der Waals surface area (Å²) in [5.74, 6) is 0.794. The molecule has 41 heavy (non-hydrogen) atoms. The van der Waals surface area contributed by atoms with E-state index in [-0.39, 0.29) is 0 Å². The Morgan fingerprint density at radius 1 is 0.415 bits per heavy atom. The van der Waals surface area contributed by atoms with Gasteiger partial charge in [-0.2, -0.15) is 0 Å². The van der Waals surface area contributed by atoms with E-state index in [2.05, 4.69) is 44.7 Å². The van der Waals surface area contributed by atoms with Crippen molar-refractivity contribution in [2.45, 2.75) is 194 Å². The minimum absolute atomic E-state index is 0.553. The highest BCUT2D eigenvalue weighted by Crippen LogP contribution is 2.12. The third-order valence-corrected chi connectivity index (χ3v) is 8.03. The van der Waals surface area contributed by atoms with E-state index in [4.69, 9.17) is 9.47 Å². The van der Waals surface area contributed by atoms with Crippen molar-refractivity contribution >= 4 is 0 Å². The molecule has 0 aliphatic carbocycles. The van der Waals surface area contributed by atoms with Gasteiger partial charge in [0, 0.05) is 6.61 Å². The molecule has 0 saturated carbocycles. The molecule has 242 valence electrons. The molecule has 0 unspecified atom stereocenters. The lowest BCUT2D eigenvalue weighted by atomic mass is 10.1. The Bertz CT molecular complexity index is 550. The fraction of sp³-hybridized carbons (Fsp3) is 0.846. The van der Waals surface area contributed by atoms with Gasteiger partial charge in [0.2, 0.25) is 0 Å². The molecule has 0 amide bonds. The Balaban J connectivity index is 3.22. The standard InChI is InChI=1S/C39H74O2/c1-4-6-8-10-12-14-16-18-20-22-24-26-28-30-32-34-36-40-38-39(3)41-37-35-33-31-29-27-25-23-21-19-17-15-13-11-9-7-5-2/h18-21H,3-17,22-38H2,1-2H3/b20-18-,21-19-. The van der Waals surface area contributed by atoms with Gasteiger partial charge >= 0.3 is 0 Å². The molecule has 0 aromatic heterocycles. The van der Waals surface area contributed by atoms with Gasteiger partial charge in [-0.15, -0.1) is 0 Å². The average Bonchev–Trinajstić information content (AvgIpc) is 2.98. The van der Waals surface area contributed by atoms with Crippen molar-refractivity contribution in [1.29, 1.82) is 0 Å². The molecule has 0 aliphatic rings. The van der Waals surface area contributed by atoms with Gasteiger partial charge in [-0.05, 0) is 64.2 Å². The van der Waals surface area contributed by atoms with Gasteiger partial charge in [-0.3, -0.25) is 0 Å². The molecule has 2 heteroatoms. The predicted molar refractivity (Wildman–Crippen MR) is 185 cm³/mol. The van der Waals surface area contributed by atoms with Gasteiger partial charge < -0.3 is 9.47 Å². The van der Waals surface area contributed by atoms with Gasteiger partial charge in [-0.25, -0.2) is 0 Å². The number of hydrogen-bond donors (Lipinski definition) is 0. The van der Waals surface area contributed by atoms with Crippen molar-refractivity contribution in [2.24, 2.45) is 0 Å². The normalized spacial score (nSPS) is 11.8. The zero-order chi connectivity index (χ0) is 29.7. The quantitative estimate of drug-likeness (QED) is 0.0426. The van der Waals surface area contributed by atoms with Crippen molar-refractivity contribution in [3.8, 4) is 0 Å². The Labute approximate surface area is 259 Å². The molecular weight excluding hydrogens is 500 g/mol. The highest BCUT2D eigenvalue weighted by Gasteiger charge is 1.98. The molecule has 0 N–H and O–H groups in total. The smallest absolute Gasteiger partial charge is 0.114 e. The monoisotopic (exact) mass is 575 g/mol. The first-order valence-electron chi connectivity index (χ1n) is 18.5. The van der Waals surface area contributed by atoms with Crippen molar-refractivity contribution in [2.75, 3.05) is 19.8 Å². The summed E-state index contributed by atoms with van der Waals surface area (Å²) in [6, 6.07) is 0. The summed E-state index contributed by atoms with van der Waals surface area (Å²) in [6.45, 7) is 10.8. The van der Waals surface area contributed by atoms with Gasteiger partial charge in [-0.1, -0.05) is 160 Å². The highest BCUT2D eigenvalue weighted by atomic mass is 16.5. The van der Waals surface area contributed by atoms with Crippen LogP contribution in [0.15, 0.2) is 36.6 Å². The molecule has 0 aromatic rings. The second kappa shape index (κ2) is 37.0. The van der Waals surface area contributed by atoms with E-state index in [1.54, 1.807) is 0 Å². The minimum atomic E-state index is 0.553. The lowest BCUT2D eigenvalue weighted by Crippen LogP contribution is -2.03. The van der Waals surface area contributed by atoms with E-state index in [0.717, 1.165) is 31.8 Å². The highest BCUT2D eigenvalue weighted by molar-refractivity contribution is 4.82. The predicted octanol–water partition coefficient (Wildman–Crippen LogP) is 13.6. The van der Waals surface area contributed by atoms with E-state index in [0.29, 0.717) is 6.61 Å². The van der Waals surface area contributed by atoms with Crippen LogP contribution in [0.2, 0.25) is 0 Å². The summed E-state index contributed by atoms with van der Waals surface area (Å²) in [5.41, 5.74) is 0. The van der Waals surface area contributed by atoms with E-state index >= 15 is 0 Å². The van der Waals surface area contributed by atoms with E-state index in [1.165, 1.54) is 167 Å². The number of rotatable bonds is 35. The van der Waals surface area contributed by atoms with Gasteiger partial charge in [0.05, 0.1) is 6.61 Å². The largest absolute Gasteiger partial charge is 0.496 e. The second-order valence-electron chi connectivity index (χ2n) is 12.3. The summed E-state index contributed by atoms with van der Waals surface area (Å²) in [5, 5.41) is 0. The van der Waals surface area contributed by atoms with Crippen molar-refractivity contribution in [3.63, 3.8) is 0 Å². The Morgan fingerprint density at radius 3 is 1.12 bits per heavy atom. The third kappa shape index (κ3) is 37.0. The summed E-state index contributed by atoms with van der Waals surface area (Å²) in [7, 11) is 0. The van der Waals surface area contributed by atoms with Crippen LogP contribution in [0.4, 0.5) is 0 Å². The Hall–Kier alpha value is -1.02. The SMILES string of the molecule is C=C(COCCCCCCCC/C=C\CCCCCCCC)OCCCCCCCC/C=C\CCCCCCCC. The molecule has 0 spiro atoms. The Morgan fingerprint density at radius 2 is 0.732 bits per heavy atom. The van der Waals surface area contributed by atoms with Crippen LogP contribution in [0.5, 0.6) is 0 Å². The van der Waals surface area contributed by atoms with Crippen LogP contribution in [-0.4, -0.2) is 19.8 Å². The first-order valence-corrected chi connectivity index (χ1v) is 18.5. The lowest BCUT2D eigenvalue weighted by molar-refractivity contribution is 0.0945. The molecule has 0 rings (SSSR count). The summed E-state index contributed by atoms with van der Waals surface area (Å²) in [6.07, 6.45) is 47.1. The second-order valence-corrected chi connectivity index (χ2v) is 12.3. The molecule has 2 nitrogen and oxygen atoms in total. The maximum atomic E-state index is 5.76. The fourth-order valence-corrected chi connectivity index (χ4v) is 5.25. The maximum Gasteiger partial charge on any atom is 0.114 e. The molecule has 0 bridgehead atoms. The molecule has 0 saturated heterocycles. The number of ether oxygens (including phenoxy) is 2.